The smallest absolute Gasteiger partial charge is 0.340 e. The van der Waals surface area contributed by atoms with Gasteiger partial charge in [0.2, 0.25) is 0 Å². The van der Waals surface area contributed by atoms with Crippen LogP contribution in [0, 0.1) is 10.8 Å². The maximum atomic E-state index is 13.5. The van der Waals surface area contributed by atoms with E-state index >= 15 is 0 Å². The molecule has 0 aromatic heterocycles. The lowest BCUT2D eigenvalue weighted by atomic mass is 9.77. The van der Waals surface area contributed by atoms with Crippen molar-refractivity contribution in [2.24, 2.45) is 10.8 Å². The number of nitrogens with one attached hydrogen (secondary N) is 1. The molecule has 5 rings (SSSR count). The van der Waals surface area contributed by atoms with Gasteiger partial charge in [0.1, 0.15) is 23.0 Å². The van der Waals surface area contributed by atoms with Gasteiger partial charge in [-0.2, -0.15) is 0 Å². The Balaban J connectivity index is 1.62. The van der Waals surface area contributed by atoms with Crippen LogP contribution in [-0.2, 0) is 24.7 Å². The highest BCUT2D eigenvalue weighted by atomic mass is 16.6. The Morgan fingerprint density at radius 1 is 0.778 bits per heavy atom. The molecule has 234 valence electrons. The molecule has 1 amide bonds. The van der Waals surface area contributed by atoms with Crippen molar-refractivity contribution < 1.29 is 48.0 Å². The summed E-state index contributed by atoms with van der Waals surface area (Å²) in [5.74, 6) is -2.34. The van der Waals surface area contributed by atoms with E-state index in [9.17, 15) is 24.0 Å². The van der Waals surface area contributed by atoms with E-state index in [0.29, 0.717) is 16.7 Å². The number of benzene rings is 3. The normalized spacial score (nSPS) is 14.3. The van der Waals surface area contributed by atoms with E-state index in [2.05, 4.69) is 5.32 Å². The van der Waals surface area contributed by atoms with Crippen molar-refractivity contribution in [3.63, 3.8) is 0 Å². The van der Waals surface area contributed by atoms with Gasteiger partial charge in [0.25, 0.3) is 5.91 Å². The molecule has 0 bridgehead atoms. The van der Waals surface area contributed by atoms with Crippen LogP contribution in [0.4, 0.5) is 0 Å². The van der Waals surface area contributed by atoms with Crippen LogP contribution in [0.5, 0.6) is 23.0 Å². The molecular weight excluding hydrogens is 582 g/mol. The standard InChI is InChI=1S/C34H33NO10/c1-32(2,3)30(40)42-19-8-11-23-25(16-19)44-26-17-20(43-31(41)33(4,5)6)9-12-24(26)34(23)22-10-7-18(15-21(22)29(39)45-34)28(38)35-14-13-27(36)37/h7-12,15-17H,13-14H2,1-6H3,(H,35,38)(H,36,37). The molecule has 0 saturated carbocycles. The molecule has 0 saturated heterocycles. The second kappa shape index (κ2) is 11.1. The average Bonchev–Trinajstić information content (AvgIpc) is 3.23. The predicted octanol–water partition coefficient (Wildman–Crippen LogP) is 5.36. The molecule has 2 N–H and O–H groups in total. The summed E-state index contributed by atoms with van der Waals surface area (Å²) in [6.07, 6.45) is -0.254. The van der Waals surface area contributed by atoms with Gasteiger partial charge in [0.05, 0.1) is 22.8 Å². The van der Waals surface area contributed by atoms with Crippen LogP contribution in [0.1, 0.15) is 85.4 Å². The van der Waals surface area contributed by atoms with Gasteiger partial charge in [0.15, 0.2) is 5.60 Å². The number of hydrogen-bond donors (Lipinski definition) is 2. The van der Waals surface area contributed by atoms with Crippen LogP contribution in [0.3, 0.4) is 0 Å². The van der Waals surface area contributed by atoms with E-state index in [1.54, 1.807) is 71.9 Å². The van der Waals surface area contributed by atoms with Gasteiger partial charge in [-0.3, -0.25) is 19.2 Å². The second-order valence-corrected chi connectivity index (χ2v) is 12.9. The summed E-state index contributed by atoms with van der Waals surface area (Å²) < 4.78 is 23.6. The Kier molecular flexibility index (Phi) is 7.68. The summed E-state index contributed by atoms with van der Waals surface area (Å²) in [5, 5.41) is 11.4. The Hall–Kier alpha value is -5.19. The zero-order valence-corrected chi connectivity index (χ0v) is 25.7. The SMILES string of the molecule is CC(C)(C)C(=O)Oc1ccc2c(c1)Oc1cc(OC(=O)C(C)(C)C)ccc1C21OC(=O)c2cc(C(=O)NCCC(=O)O)ccc21. The summed E-state index contributed by atoms with van der Waals surface area (Å²) >= 11 is 0. The Labute approximate surface area is 259 Å². The number of carboxylic acid groups (broad SMARTS) is 1. The van der Waals surface area contributed by atoms with E-state index in [4.69, 9.17) is 24.1 Å². The minimum atomic E-state index is -1.52. The van der Waals surface area contributed by atoms with Gasteiger partial charge in [-0.1, -0.05) is 6.07 Å². The lowest BCUT2D eigenvalue weighted by Gasteiger charge is -2.36. The molecule has 3 aromatic rings. The molecule has 3 aromatic carbocycles. The average molecular weight is 616 g/mol. The molecule has 2 aliphatic rings. The van der Waals surface area contributed by atoms with E-state index in [0.717, 1.165) is 0 Å². The molecule has 0 radical (unpaired) electrons. The van der Waals surface area contributed by atoms with Crippen molar-refractivity contribution in [2.75, 3.05) is 6.54 Å². The molecule has 11 nitrogen and oxygen atoms in total. The summed E-state index contributed by atoms with van der Waals surface area (Å²) in [6, 6.07) is 14.0. The fourth-order valence-corrected chi connectivity index (χ4v) is 4.86. The first-order valence-corrected chi connectivity index (χ1v) is 14.3. The molecule has 2 heterocycles. The summed E-state index contributed by atoms with van der Waals surface area (Å²) in [7, 11) is 0. The molecule has 0 unspecified atom stereocenters. The lowest BCUT2D eigenvalue weighted by Crippen LogP contribution is -2.33. The highest BCUT2D eigenvalue weighted by molar-refractivity contribution is 6.01. The predicted molar refractivity (Wildman–Crippen MR) is 159 cm³/mol. The van der Waals surface area contributed by atoms with Crippen molar-refractivity contribution in [3.8, 4) is 23.0 Å². The highest BCUT2D eigenvalue weighted by Gasteiger charge is 2.54. The topological polar surface area (TPSA) is 155 Å². The van der Waals surface area contributed by atoms with Crippen molar-refractivity contribution >= 4 is 29.8 Å². The minimum Gasteiger partial charge on any atom is -0.481 e. The summed E-state index contributed by atoms with van der Waals surface area (Å²) in [5.41, 5.74) is -1.47. The molecule has 0 atom stereocenters. The number of esters is 3. The Morgan fingerprint density at radius 3 is 1.78 bits per heavy atom. The third-order valence-electron chi connectivity index (χ3n) is 7.28. The first kappa shape index (κ1) is 31.2. The number of ether oxygens (including phenoxy) is 4. The maximum Gasteiger partial charge on any atom is 0.340 e. The van der Waals surface area contributed by atoms with E-state index in [1.165, 1.54) is 24.3 Å². The fraction of sp³-hybridized carbons (Fsp3) is 0.324. The number of carbonyl (C=O) groups excluding carboxylic acids is 4. The highest BCUT2D eigenvalue weighted by Crippen LogP contribution is 2.57. The summed E-state index contributed by atoms with van der Waals surface area (Å²) in [6.45, 7) is 10.3. The number of fused-ring (bicyclic) bond motifs is 6. The third kappa shape index (κ3) is 5.85. The van der Waals surface area contributed by atoms with Gasteiger partial charge in [-0.25, -0.2) is 4.79 Å². The number of carbonyl (C=O) groups is 5. The molecule has 1 spiro atoms. The Bertz CT molecular complexity index is 1680. The van der Waals surface area contributed by atoms with Gasteiger partial charge in [-0.15, -0.1) is 0 Å². The maximum absolute atomic E-state index is 13.5. The van der Waals surface area contributed by atoms with E-state index < -0.39 is 46.2 Å². The minimum absolute atomic E-state index is 0.0814. The largest absolute Gasteiger partial charge is 0.481 e. The number of hydrogen-bond acceptors (Lipinski definition) is 9. The van der Waals surface area contributed by atoms with Gasteiger partial charge in [-0.05, 0) is 77.9 Å². The van der Waals surface area contributed by atoms with Gasteiger partial charge < -0.3 is 29.4 Å². The summed E-state index contributed by atoms with van der Waals surface area (Å²) in [4.78, 5) is 62.3. The zero-order chi connectivity index (χ0) is 32.9. The van der Waals surface area contributed by atoms with Gasteiger partial charge >= 0.3 is 23.9 Å². The van der Waals surface area contributed by atoms with Crippen molar-refractivity contribution in [1.82, 2.24) is 5.32 Å². The molecule has 45 heavy (non-hydrogen) atoms. The zero-order valence-electron chi connectivity index (χ0n) is 25.7. The molecular formula is C34H33NO10. The van der Waals surface area contributed by atoms with Crippen LogP contribution in [0.15, 0.2) is 54.6 Å². The van der Waals surface area contributed by atoms with Gasteiger partial charge in [0, 0.05) is 40.9 Å². The third-order valence-corrected chi connectivity index (χ3v) is 7.28. The number of aliphatic carboxylic acids is 1. The Morgan fingerprint density at radius 2 is 1.29 bits per heavy atom. The number of amides is 1. The first-order valence-electron chi connectivity index (χ1n) is 14.3. The second-order valence-electron chi connectivity index (χ2n) is 12.9. The van der Waals surface area contributed by atoms with Crippen LogP contribution >= 0.6 is 0 Å². The van der Waals surface area contributed by atoms with Crippen LogP contribution in [-0.4, -0.2) is 41.4 Å². The van der Waals surface area contributed by atoms with Crippen LogP contribution in [0.2, 0.25) is 0 Å². The van der Waals surface area contributed by atoms with Crippen molar-refractivity contribution in [3.05, 3.63) is 82.4 Å². The van der Waals surface area contributed by atoms with Crippen LogP contribution < -0.4 is 19.5 Å². The number of carboxylic acids is 1. The number of rotatable bonds is 6. The quantitative estimate of drug-likeness (QED) is 0.273. The molecule has 0 aliphatic carbocycles. The van der Waals surface area contributed by atoms with Crippen molar-refractivity contribution in [1.29, 1.82) is 0 Å². The first-order chi connectivity index (χ1) is 21.0. The van der Waals surface area contributed by atoms with Crippen LogP contribution in [0.25, 0.3) is 0 Å². The van der Waals surface area contributed by atoms with Crippen molar-refractivity contribution in [2.45, 2.75) is 53.6 Å². The van der Waals surface area contributed by atoms with E-state index in [-0.39, 0.29) is 47.1 Å². The monoisotopic (exact) mass is 615 g/mol. The lowest BCUT2D eigenvalue weighted by molar-refractivity contribution is -0.143. The molecule has 0 fully saturated rings. The molecule has 11 heteroatoms. The fourth-order valence-electron chi connectivity index (χ4n) is 4.86. The van der Waals surface area contributed by atoms with E-state index in [1.807, 2.05) is 0 Å². The molecule has 2 aliphatic heterocycles.